The second kappa shape index (κ2) is 6.57. The second-order valence-corrected chi connectivity index (χ2v) is 5.82. The van der Waals surface area contributed by atoms with Crippen molar-refractivity contribution in [1.82, 2.24) is 4.90 Å². The minimum atomic E-state index is -0.792. The van der Waals surface area contributed by atoms with Gasteiger partial charge in [0.25, 0.3) is 0 Å². The molecule has 0 unspecified atom stereocenters. The average molecular weight is 284 g/mol. The molecule has 0 amide bonds. The van der Waals surface area contributed by atoms with Crippen LogP contribution in [0.3, 0.4) is 0 Å². The zero-order valence-corrected chi connectivity index (χ0v) is 12.4. The number of furan rings is 1. The van der Waals surface area contributed by atoms with Gasteiger partial charge in [0.2, 0.25) is 5.76 Å². The molecule has 0 saturated carbocycles. The van der Waals surface area contributed by atoms with Crippen LogP contribution in [0.1, 0.15) is 30.9 Å². The molecule has 0 aliphatic carbocycles. The summed E-state index contributed by atoms with van der Waals surface area (Å²) >= 11 is 0. The first-order valence-electron chi connectivity index (χ1n) is 6.94. The van der Waals surface area contributed by atoms with E-state index in [1.54, 1.807) is 26.0 Å². The maximum Gasteiger partial charge on any atom is 0.203 e. The van der Waals surface area contributed by atoms with Crippen LogP contribution in [0.4, 0.5) is 0 Å². The van der Waals surface area contributed by atoms with Crippen LogP contribution in [0.5, 0.6) is 0 Å². The lowest BCUT2D eigenvalue weighted by Crippen LogP contribution is -2.37. The van der Waals surface area contributed by atoms with Crippen LogP contribution in [0.15, 0.2) is 46.9 Å². The van der Waals surface area contributed by atoms with E-state index >= 15 is 0 Å². The van der Waals surface area contributed by atoms with Crippen molar-refractivity contribution in [3.05, 3.63) is 59.5 Å². The van der Waals surface area contributed by atoms with Crippen molar-refractivity contribution in [2.24, 2.45) is 0 Å². The molecular formula is C17H20N2O2. The summed E-state index contributed by atoms with van der Waals surface area (Å²) in [5, 5.41) is 18.9. The van der Waals surface area contributed by atoms with Gasteiger partial charge in [-0.1, -0.05) is 30.3 Å². The molecule has 0 fully saturated rings. The number of rotatable bonds is 6. The standard InChI is InChI=1S/C17H20N2O2/c1-17(2,20)13-19(11-14-6-4-3-5-7-14)12-16-9-8-15(10-18)21-16/h3-9,20H,11-13H2,1-2H3. The van der Waals surface area contributed by atoms with Crippen molar-refractivity contribution in [3.63, 3.8) is 0 Å². The van der Waals surface area contributed by atoms with Crippen LogP contribution in [-0.4, -0.2) is 22.2 Å². The fourth-order valence-electron chi connectivity index (χ4n) is 2.30. The van der Waals surface area contributed by atoms with Gasteiger partial charge in [-0.15, -0.1) is 0 Å². The Morgan fingerprint density at radius 3 is 2.43 bits per heavy atom. The van der Waals surface area contributed by atoms with Crippen molar-refractivity contribution in [1.29, 1.82) is 5.26 Å². The Balaban J connectivity index is 2.10. The van der Waals surface area contributed by atoms with Crippen LogP contribution < -0.4 is 0 Å². The number of benzene rings is 1. The summed E-state index contributed by atoms with van der Waals surface area (Å²) in [5.74, 6) is 1.04. The molecule has 0 bridgehead atoms. The van der Waals surface area contributed by atoms with Crippen molar-refractivity contribution in [3.8, 4) is 6.07 Å². The fourth-order valence-corrected chi connectivity index (χ4v) is 2.30. The number of hydrogen-bond donors (Lipinski definition) is 1. The molecule has 1 aromatic heterocycles. The molecule has 4 heteroatoms. The molecule has 0 radical (unpaired) electrons. The van der Waals surface area contributed by atoms with E-state index in [2.05, 4.69) is 17.0 Å². The minimum absolute atomic E-state index is 0.313. The Labute approximate surface area is 125 Å². The van der Waals surface area contributed by atoms with Gasteiger partial charge in [0.15, 0.2) is 0 Å². The van der Waals surface area contributed by atoms with Gasteiger partial charge in [-0.05, 0) is 31.5 Å². The summed E-state index contributed by atoms with van der Waals surface area (Å²) in [6, 6.07) is 15.5. The van der Waals surface area contributed by atoms with E-state index in [0.29, 0.717) is 25.4 Å². The number of nitrogens with zero attached hydrogens (tertiary/aromatic N) is 2. The zero-order chi connectivity index (χ0) is 15.3. The lowest BCUT2D eigenvalue weighted by molar-refractivity contribution is 0.0285. The summed E-state index contributed by atoms with van der Waals surface area (Å²) < 4.78 is 5.43. The Morgan fingerprint density at radius 2 is 1.86 bits per heavy atom. The maximum atomic E-state index is 10.1. The van der Waals surface area contributed by atoms with E-state index < -0.39 is 5.60 Å². The average Bonchev–Trinajstić information content (AvgIpc) is 2.85. The third kappa shape index (κ3) is 5.07. The quantitative estimate of drug-likeness (QED) is 0.886. The van der Waals surface area contributed by atoms with Gasteiger partial charge < -0.3 is 9.52 Å². The van der Waals surface area contributed by atoms with Gasteiger partial charge in [-0.2, -0.15) is 5.26 Å². The van der Waals surface area contributed by atoms with E-state index in [4.69, 9.17) is 9.68 Å². The Hall–Kier alpha value is -2.09. The van der Waals surface area contributed by atoms with Crippen molar-refractivity contribution in [2.45, 2.75) is 32.5 Å². The summed E-state index contributed by atoms with van der Waals surface area (Å²) in [7, 11) is 0. The van der Waals surface area contributed by atoms with Gasteiger partial charge >= 0.3 is 0 Å². The molecule has 0 aliphatic heterocycles. The molecule has 2 rings (SSSR count). The zero-order valence-electron chi connectivity index (χ0n) is 12.4. The van der Waals surface area contributed by atoms with Gasteiger partial charge in [0, 0.05) is 13.1 Å². The minimum Gasteiger partial charge on any atom is -0.449 e. The van der Waals surface area contributed by atoms with Gasteiger partial charge in [-0.25, -0.2) is 0 Å². The number of aliphatic hydroxyl groups is 1. The highest BCUT2D eigenvalue weighted by molar-refractivity contribution is 5.19. The van der Waals surface area contributed by atoms with Crippen LogP contribution >= 0.6 is 0 Å². The van der Waals surface area contributed by atoms with E-state index in [9.17, 15) is 5.11 Å². The highest BCUT2D eigenvalue weighted by atomic mass is 16.3. The first-order valence-corrected chi connectivity index (χ1v) is 6.94. The molecule has 0 aliphatic rings. The van der Waals surface area contributed by atoms with Crippen LogP contribution in [0.2, 0.25) is 0 Å². The second-order valence-electron chi connectivity index (χ2n) is 5.82. The monoisotopic (exact) mass is 284 g/mol. The maximum absolute atomic E-state index is 10.1. The van der Waals surface area contributed by atoms with Gasteiger partial charge in [-0.3, -0.25) is 4.90 Å². The smallest absolute Gasteiger partial charge is 0.203 e. The number of hydrogen-bond acceptors (Lipinski definition) is 4. The molecule has 21 heavy (non-hydrogen) atoms. The van der Waals surface area contributed by atoms with Crippen LogP contribution in [0, 0.1) is 11.3 Å². The van der Waals surface area contributed by atoms with Crippen LogP contribution in [-0.2, 0) is 13.1 Å². The summed E-state index contributed by atoms with van der Waals surface area (Å²) in [5.41, 5.74) is 0.383. The number of nitriles is 1. The van der Waals surface area contributed by atoms with E-state index in [1.165, 1.54) is 5.56 Å². The highest BCUT2D eigenvalue weighted by Crippen LogP contribution is 2.15. The topological polar surface area (TPSA) is 60.4 Å². The predicted molar refractivity (Wildman–Crippen MR) is 80.3 cm³/mol. The highest BCUT2D eigenvalue weighted by Gasteiger charge is 2.19. The molecule has 1 N–H and O–H groups in total. The Bertz CT molecular complexity index is 606. The summed E-state index contributed by atoms with van der Waals surface area (Å²) in [6.07, 6.45) is 0. The molecule has 1 aromatic carbocycles. The van der Waals surface area contributed by atoms with Crippen LogP contribution in [0.25, 0.3) is 0 Å². The van der Waals surface area contributed by atoms with E-state index in [-0.39, 0.29) is 0 Å². The lowest BCUT2D eigenvalue weighted by Gasteiger charge is -2.28. The summed E-state index contributed by atoms with van der Waals surface area (Å²) in [6.45, 7) is 5.36. The molecule has 0 atom stereocenters. The Kier molecular flexibility index (Phi) is 4.79. The Morgan fingerprint density at radius 1 is 1.14 bits per heavy atom. The molecule has 4 nitrogen and oxygen atoms in total. The largest absolute Gasteiger partial charge is 0.449 e. The first-order chi connectivity index (χ1) is 9.96. The molecule has 110 valence electrons. The molecular weight excluding hydrogens is 264 g/mol. The van der Waals surface area contributed by atoms with E-state index in [0.717, 1.165) is 5.76 Å². The van der Waals surface area contributed by atoms with Gasteiger partial charge in [0.1, 0.15) is 11.8 Å². The predicted octanol–water partition coefficient (Wildman–Crippen LogP) is 2.92. The van der Waals surface area contributed by atoms with Gasteiger partial charge in [0.05, 0.1) is 12.1 Å². The SMILES string of the molecule is CC(C)(O)CN(Cc1ccccc1)Cc1ccc(C#N)o1. The first kappa shape index (κ1) is 15.3. The molecule has 0 saturated heterocycles. The van der Waals surface area contributed by atoms with Crippen molar-refractivity contribution < 1.29 is 9.52 Å². The van der Waals surface area contributed by atoms with Crippen molar-refractivity contribution >= 4 is 0 Å². The molecule has 2 aromatic rings. The van der Waals surface area contributed by atoms with Crippen molar-refractivity contribution in [2.75, 3.05) is 6.54 Å². The lowest BCUT2D eigenvalue weighted by atomic mass is 10.1. The normalized spacial score (nSPS) is 11.6. The fraction of sp³-hybridized carbons (Fsp3) is 0.353. The molecule has 1 heterocycles. The molecule has 0 spiro atoms. The summed E-state index contributed by atoms with van der Waals surface area (Å²) in [4.78, 5) is 2.11. The van der Waals surface area contributed by atoms with E-state index in [1.807, 2.05) is 24.3 Å². The third-order valence-corrected chi connectivity index (χ3v) is 3.01. The third-order valence-electron chi connectivity index (χ3n) is 3.01.